The van der Waals surface area contributed by atoms with E-state index in [9.17, 15) is 9.90 Å². The number of hydrogen-bond donors (Lipinski definition) is 1. The Morgan fingerprint density at radius 3 is 1.50 bits per heavy atom. The third-order valence-corrected chi connectivity index (χ3v) is 12.6. The molecule has 2 nitrogen and oxygen atoms in total. The van der Waals surface area contributed by atoms with E-state index in [0.29, 0.717) is 5.41 Å². The summed E-state index contributed by atoms with van der Waals surface area (Å²) in [6.45, 7) is 4.61. The van der Waals surface area contributed by atoms with Crippen molar-refractivity contribution in [2.75, 3.05) is 0 Å². The molecule has 1 N–H and O–H groups in total. The standard InChI is InChI=1S/C38H70O2/c1-3-5-7-9-11-13-15-21-27-37(38(35(39)40)28-22-17-23-29-38)32-30-36(31-33-37,34-24-18-16-19-25-34)26-20-14-12-10-8-6-4-2/h34H,3-33H2,1-2H3,(H,39,40). The van der Waals surface area contributed by atoms with Gasteiger partial charge in [-0.1, -0.05) is 149 Å². The average molecular weight is 559 g/mol. The lowest BCUT2D eigenvalue weighted by Crippen LogP contribution is -2.53. The van der Waals surface area contributed by atoms with Gasteiger partial charge >= 0.3 is 5.97 Å². The maximum absolute atomic E-state index is 13.2. The number of carbonyl (C=O) groups is 1. The van der Waals surface area contributed by atoms with Gasteiger partial charge in [0.15, 0.2) is 0 Å². The Morgan fingerprint density at radius 1 is 0.550 bits per heavy atom. The summed E-state index contributed by atoms with van der Waals surface area (Å²) in [5.41, 5.74) is 0.130. The molecule has 234 valence electrons. The van der Waals surface area contributed by atoms with Crippen molar-refractivity contribution in [2.24, 2.45) is 22.2 Å². The van der Waals surface area contributed by atoms with Gasteiger partial charge in [-0.3, -0.25) is 4.79 Å². The van der Waals surface area contributed by atoms with Gasteiger partial charge in [0.25, 0.3) is 0 Å². The van der Waals surface area contributed by atoms with Gasteiger partial charge in [0.05, 0.1) is 5.41 Å². The Kier molecular flexibility index (Phi) is 15.5. The van der Waals surface area contributed by atoms with Crippen LogP contribution in [0.3, 0.4) is 0 Å². The predicted octanol–water partition coefficient (Wildman–Crippen LogP) is 12.8. The van der Waals surface area contributed by atoms with Crippen LogP contribution < -0.4 is 0 Å². The van der Waals surface area contributed by atoms with Crippen LogP contribution in [-0.4, -0.2) is 11.1 Å². The van der Waals surface area contributed by atoms with Gasteiger partial charge in [-0.2, -0.15) is 0 Å². The number of aliphatic carboxylic acids is 1. The third kappa shape index (κ3) is 9.23. The number of hydrogen-bond acceptors (Lipinski definition) is 1. The van der Waals surface area contributed by atoms with Gasteiger partial charge in [-0.05, 0) is 81.0 Å². The molecular weight excluding hydrogens is 488 g/mol. The SMILES string of the molecule is CCCCCCCCCCC1(C2(C(=O)O)CCCCC2)CCC(CCCCCCCCC)(C2CCCCC2)CC1. The molecule has 3 aliphatic rings. The molecule has 0 bridgehead atoms. The van der Waals surface area contributed by atoms with Crippen molar-refractivity contribution in [3.63, 3.8) is 0 Å². The van der Waals surface area contributed by atoms with Crippen LogP contribution in [0.15, 0.2) is 0 Å². The van der Waals surface area contributed by atoms with E-state index in [0.717, 1.165) is 31.6 Å². The van der Waals surface area contributed by atoms with E-state index in [-0.39, 0.29) is 5.41 Å². The first kappa shape index (κ1) is 34.0. The molecule has 40 heavy (non-hydrogen) atoms. The topological polar surface area (TPSA) is 37.3 Å². The Bertz CT molecular complexity index is 661. The monoisotopic (exact) mass is 559 g/mol. The first-order valence-electron chi connectivity index (χ1n) is 18.8. The fourth-order valence-corrected chi connectivity index (χ4v) is 9.93. The molecule has 0 aromatic rings. The summed E-state index contributed by atoms with van der Waals surface area (Å²) < 4.78 is 0. The van der Waals surface area contributed by atoms with Crippen molar-refractivity contribution in [2.45, 2.75) is 213 Å². The minimum Gasteiger partial charge on any atom is -0.481 e. The van der Waals surface area contributed by atoms with Crippen LogP contribution in [0.25, 0.3) is 0 Å². The van der Waals surface area contributed by atoms with E-state index in [1.807, 2.05) is 0 Å². The van der Waals surface area contributed by atoms with Crippen LogP contribution in [0.2, 0.25) is 0 Å². The highest BCUT2D eigenvalue weighted by Gasteiger charge is 2.59. The molecule has 2 heteroatoms. The van der Waals surface area contributed by atoms with Crippen molar-refractivity contribution >= 4 is 5.97 Å². The Balaban J connectivity index is 1.67. The van der Waals surface area contributed by atoms with Crippen molar-refractivity contribution in [3.05, 3.63) is 0 Å². The summed E-state index contributed by atoms with van der Waals surface area (Å²) in [4.78, 5) is 13.2. The zero-order chi connectivity index (χ0) is 28.6. The van der Waals surface area contributed by atoms with Gasteiger partial charge in [-0.15, -0.1) is 0 Å². The van der Waals surface area contributed by atoms with Gasteiger partial charge in [0.1, 0.15) is 0 Å². The summed E-state index contributed by atoms with van der Waals surface area (Å²) in [6, 6.07) is 0. The summed E-state index contributed by atoms with van der Waals surface area (Å²) in [6.07, 6.45) is 41.0. The largest absolute Gasteiger partial charge is 0.481 e. The third-order valence-electron chi connectivity index (χ3n) is 12.6. The molecule has 0 aromatic carbocycles. The van der Waals surface area contributed by atoms with Gasteiger partial charge < -0.3 is 5.11 Å². The van der Waals surface area contributed by atoms with Crippen LogP contribution in [0, 0.1) is 22.2 Å². The second-order valence-corrected chi connectivity index (χ2v) is 15.0. The van der Waals surface area contributed by atoms with E-state index in [1.54, 1.807) is 0 Å². The molecule has 0 atom stereocenters. The molecule has 3 fully saturated rings. The lowest BCUT2D eigenvalue weighted by molar-refractivity contribution is -0.171. The maximum Gasteiger partial charge on any atom is 0.310 e. The second kappa shape index (κ2) is 18.2. The minimum absolute atomic E-state index is 0.0553. The molecule has 3 rings (SSSR count). The van der Waals surface area contributed by atoms with Crippen LogP contribution in [0.1, 0.15) is 213 Å². The van der Waals surface area contributed by atoms with Crippen LogP contribution in [0.5, 0.6) is 0 Å². The van der Waals surface area contributed by atoms with Crippen LogP contribution in [-0.2, 0) is 4.79 Å². The number of carboxylic acid groups (broad SMARTS) is 1. The van der Waals surface area contributed by atoms with Gasteiger partial charge in [-0.25, -0.2) is 0 Å². The predicted molar refractivity (Wildman–Crippen MR) is 173 cm³/mol. The molecule has 3 aliphatic carbocycles. The molecule has 0 saturated heterocycles. The van der Waals surface area contributed by atoms with E-state index in [2.05, 4.69) is 13.8 Å². The molecule has 0 heterocycles. The highest BCUT2D eigenvalue weighted by atomic mass is 16.4. The summed E-state index contributed by atoms with van der Waals surface area (Å²) in [5.74, 6) is 0.485. The molecule has 0 unspecified atom stereocenters. The fraction of sp³-hybridized carbons (Fsp3) is 0.974. The van der Waals surface area contributed by atoms with Crippen molar-refractivity contribution < 1.29 is 9.90 Å². The molecule has 0 amide bonds. The van der Waals surface area contributed by atoms with Gasteiger partial charge in [0, 0.05) is 0 Å². The average Bonchev–Trinajstić information content (AvgIpc) is 2.99. The Hall–Kier alpha value is -0.530. The molecule has 3 saturated carbocycles. The molecular formula is C38H70O2. The van der Waals surface area contributed by atoms with Crippen LogP contribution >= 0.6 is 0 Å². The summed E-state index contributed by atoms with van der Waals surface area (Å²) in [7, 11) is 0. The van der Waals surface area contributed by atoms with E-state index in [1.165, 1.54) is 173 Å². The second-order valence-electron chi connectivity index (χ2n) is 15.0. The van der Waals surface area contributed by atoms with Crippen LogP contribution in [0.4, 0.5) is 0 Å². The quantitative estimate of drug-likeness (QED) is 0.151. The Morgan fingerprint density at radius 2 is 1.00 bits per heavy atom. The smallest absolute Gasteiger partial charge is 0.310 e. The Labute approximate surface area is 250 Å². The number of unbranched alkanes of at least 4 members (excludes halogenated alkanes) is 13. The molecule has 0 spiro atoms. The van der Waals surface area contributed by atoms with E-state index < -0.39 is 11.4 Å². The lowest BCUT2D eigenvalue weighted by Gasteiger charge is -2.58. The zero-order valence-corrected chi connectivity index (χ0v) is 27.4. The first-order valence-corrected chi connectivity index (χ1v) is 18.8. The normalized spacial score (nSPS) is 27.6. The highest BCUT2D eigenvalue weighted by molar-refractivity contribution is 5.76. The minimum atomic E-state index is -0.440. The molecule has 0 aromatic heterocycles. The van der Waals surface area contributed by atoms with Gasteiger partial charge in [0.2, 0.25) is 0 Å². The first-order chi connectivity index (χ1) is 19.5. The lowest BCUT2D eigenvalue weighted by atomic mass is 9.46. The van der Waals surface area contributed by atoms with E-state index in [4.69, 9.17) is 0 Å². The zero-order valence-electron chi connectivity index (χ0n) is 27.4. The van der Waals surface area contributed by atoms with Crippen molar-refractivity contribution in [1.29, 1.82) is 0 Å². The van der Waals surface area contributed by atoms with E-state index >= 15 is 0 Å². The highest BCUT2D eigenvalue weighted by Crippen LogP contribution is 2.64. The molecule has 0 radical (unpaired) electrons. The molecule has 0 aliphatic heterocycles. The van der Waals surface area contributed by atoms with Crippen molar-refractivity contribution in [3.8, 4) is 0 Å². The van der Waals surface area contributed by atoms with Crippen molar-refractivity contribution in [1.82, 2.24) is 0 Å². The summed E-state index contributed by atoms with van der Waals surface area (Å²) >= 11 is 0. The maximum atomic E-state index is 13.2. The number of carboxylic acids is 1. The fourth-order valence-electron chi connectivity index (χ4n) is 9.93. The number of rotatable bonds is 20. The summed E-state index contributed by atoms with van der Waals surface area (Å²) in [5, 5.41) is 10.9.